The maximum atomic E-state index is 5.50. The molecule has 4 nitrogen and oxygen atoms in total. The molecule has 0 aliphatic rings. The fourth-order valence-electron chi connectivity index (χ4n) is 2.07. The van der Waals surface area contributed by atoms with Crippen molar-refractivity contribution in [1.29, 1.82) is 0 Å². The minimum absolute atomic E-state index is 0.0137. The molecule has 0 fully saturated rings. The largest absolute Gasteiger partial charge is 0.493 e. The quantitative estimate of drug-likeness (QED) is 0.868. The molecule has 102 valence electrons. The lowest BCUT2D eigenvalue weighted by molar-refractivity contribution is 0.353. The summed E-state index contributed by atoms with van der Waals surface area (Å²) < 4.78 is 16.1. The van der Waals surface area contributed by atoms with E-state index in [-0.39, 0.29) is 6.04 Å². The summed E-state index contributed by atoms with van der Waals surface area (Å²) in [6, 6.07) is 9.75. The van der Waals surface area contributed by atoms with Crippen molar-refractivity contribution in [2.75, 3.05) is 20.8 Å². The number of furan rings is 1. The molecule has 0 bridgehead atoms. The minimum atomic E-state index is 0.0137. The van der Waals surface area contributed by atoms with Crippen LogP contribution in [0.25, 0.3) is 0 Å². The number of methoxy groups -OCH3 is 2. The van der Waals surface area contributed by atoms with Crippen LogP contribution >= 0.6 is 0 Å². The third kappa shape index (κ3) is 2.90. The molecule has 0 saturated heterocycles. The van der Waals surface area contributed by atoms with Crippen molar-refractivity contribution in [2.24, 2.45) is 0 Å². The van der Waals surface area contributed by atoms with Crippen LogP contribution < -0.4 is 14.8 Å². The molecule has 1 N–H and O–H groups in total. The Labute approximate surface area is 113 Å². The maximum absolute atomic E-state index is 5.50. The van der Waals surface area contributed by atoms with Crippen molar-refractivity contribution in [3.8, 4) is 11.5 Å². The molecule has 0 spiro atoms. The molecular formula is C15H19NO3. The monoisotopic (exact) mass is 261 g/mol. The second-order valence-electron chi connectivity index (χ2n) is 4.12. The molecule has 1 aromatic carbocycles. The van der Waals surface area contributed by atoms with Gasteiger partial charge < -0.3 is 19.2 Å². The summed E-state index contributed by atoms with van der Waals surface area (Å²) in [5.74, 6) is 2.32. The van der Waals surface area contributed by atoms with Crippen molar-refractivity contribution >= 4 is 0 Å². The molecule has 1 aromatic heterocycles. The molecule has 0 aliphatic carbocycles. The Morgan fingerprint density at radius 1 is 1.16 bits per heavy atom. The highest BCUT2D eigenvalue weighted by molar-refractivity contribution is 5.45. The summed E-state index contributed by atoms with van der Waals surface area (Å²) in [5.41, 5.74) is 1.08. The zero-order chi connectivity index (χ0) is 13.7. The highest BCUT2D eigenvalue weighted by atomic mass is 16.5. The van der Waals surface area contributed by atoms with Gasteiger partial charge in [0.2, 0.25) is 0 Å². The van der Waals surface area contributed by atoms with Gasteiger partial charge in [-0.05, 0) is 36.4 Å². The van der Waals surface area contributed by atoms with E-state index in [4.69, 9.17) is 13.9 Å². The first-order chi connectivity index (χ1) is 9.30. The van der Waals surface area contributed by atoms with Gasteiger partial charge >= 0.3 is 0 Å². The average Bonchev–Trinajstić information content (AvgIpc) is 2.98. The SMILES string of the molecule is CCNC(c1ccc(OC)c(OC)c1)c1ccco1. The minimum Gasteiger partial charge on any atom is -0.493 e. The average molecular weight is 261 g/mol. The Bertz CT molecular complexity index is 508. The molecule has 2 rings (SSSR count). The van der Waals surface area contributed by atoms with E-state index >= 15 is 0 Å². The summed E-state index contributed by atoms with van der Waals surface area (Å²) in [5, 5.41) is 3.40. The molecule has 19 heavy (non-hydrogen) atoms. The van der Waals surface area contributed by atoms with Gasteiger partial charge in [0.05, 0.1) is 26.5 Å². The Balaban J connectivity index is 2.37. The van der Waals surface area contributed by atoms with Crippen molar-refractivity contribution in [2.45, 2.75) is 13.0 Å². The molecule has 0 amide bonds. The number of rotatable bonds is 6. The first kappa shape index (κ1) is 13.5. The fourth-order valence-corrected chi connectivity index (χ4v) is 2.07. The molecule has 0 aliphatic heterocycles. The second-order valence-corrected chi connectivity index (χ2v) is 4.12. The standard InChI is InChI=1S/C15H19NO3/c1-4-16-15(13-6-5-9-19-13)11-7-8-12(17-2)14(10-11)18-3/h5-10,15-16H,4H2,1-3H3. The van der Waals surface area contributed by atoms with Crippen molar-refractivity contribution < 1.29 is 13.9 Å². The topological polar surface area (TPSA) is 43.6 Å². The number of ether oxygens (including phenoxy) is 2. The van der Waals surface area contributed by atoms with Crippen molar-refractivity contribution in [3.63, 3.8) is 0 Å². The molecule has 4 heteroatoms. The summed E-state index contributed by atoms with van der Waals surface area (Å²) in [6.07, 6.45) is 1.68. The summed E-state index contributed by atoms with van der Waals surface area (Å²) >= 11 is 0. The number of benzene rings is 1. The Kier molecular flexibility index (Phi) is 4.47. The van der Waals surface area contributed by atoms with Crippen LogP contribution in [0.2, 0.25) is 0 Å². The molecule has 1 heterocycles. The lowest BCUT2D eigenvalue weighted by Gasteiger charge is -2.17. The normalized spacial score (nSPS) is 12.2. The predicted molar refractivity (Wildman–Crippen MR) is 73.8 cm³/mol. The van der Waals surface area contributed by atoms with Crippen LogP contribution in [0.1, 0.15) is 24.3 Å². The smallest absolute Gasteiger partial charge is 0.161 e. The number of hydrogen-bond acceptors (Lipinski definition) is 4. The van der Waals surface area contributed by atoms with Gasteiger partial charge in [-0.25, -0.2) is 0 Å². The third-order valence-corrected chi connectivity index (χ3v) is 2.98. The zero-order valence-corrected chi connectivity index (χ0v) is 11.5. The molecule has 0 radical (unpaired) electrons. The highest BCUT2D eigenvalue weighted by Crippen LogP contribution is 2.32. The van der Waals surface area contributed by atoms with Crippen LogP contribution in [0.3, 0.4) is 0 Å². The second kappa shape index (κ2) is 6.29. The van der Waals surface area contributed by atoms with Gasteiger partial charge in [0, 0.05) is 0 Å². The van der Waals surface area contributed by atoms with Gasteiger partial charge in [0.1, 0.15) is 5.76 Å². The molecule has 1 unspecified atom stereocenters. The molecule has 0 saturated carbocycles. The van der Waals surface area contributed by atoms with E-state index in [9.17, 15) is 0 Å². The lowest BCUT2D eigenvalue weighted by Crippen LogP contribution is -2.21. The third-order valence-electron chi connectivity index (χ3n) is 2.98. The molecular weight excluding hydrogens is 242 g/mol. The van der Waals surface area contributed by atoms with Gasteiger partial charge in [0.25, 0.3) is 0 Å². The van der Waals surface area contributed by atoms with Crippen LogP contribution in [0.4, 0.5) is 0 Å². The van der Waals surface area contributed by atoms with E-state index in [1.54, 1.807) is 20.5 Å². The highest BCUT2D eigenvalue weighted by Gasteiger charge is 2.17. The molecule has 1 atom stereocenters. The predicted octanol–water partition coefficient (Wildman–Crippen LogP) is 3.00. The summed E-state index contributed by atoms with van der Waals surface area (Å²) in [4.78, 5) is 0. The van der Waals surface area contributed by atoms with Gasteiger partial charge in [-0.2, -0.15) is 0 Å². The summed E-state index contributed by atoms with van der Waals surface area (Å²) in [6.45, 7) is 2.91. The molecule has 2 aromatic rings. The van der Waals surface area contributed by atoms with Crippen LogP contribution in [-0.2, 0) is 0 Å². The van der Waals surface area contributed by atoms with Gasteiger partial charge in [0.15, 0.2) is 11.5 Å². The van der Waals surface area contributed by atoms with Gasteiger partial charge in [-0.15, -0.1) is 0 Å². The Morgan fingerprint density at radius 2 is 1.95 bits per heavy atom. The van der Waals surface area contributed by atoms with Crippen LogP contribution in [0.15, 0.2) is 41.0 Å². The maximum Gasteiger partial charge on any atom is 0.161 e. The lowest BCUT2D eigenvalue weighted by atomic mass is 10.0. The van der Waals surface area contributed by atoms with Crippen molar-refractivity contribution in [1.82, 2.24) is 5.32 Å². The first-order valence-electron chi connectivity index (χ1n) is 6.28. The zero-order valence-electron chi connectivity index (χ0n) is 11.5. The number of hydrogen-bond donors (Lipinski definition) is 1. The number of nitrogens with one attached hydrogen (secondary N) is 1. The van der Waals surface area contributed by atoms with E-state index in [0.29, 0.717) is 0 Å². The van der Waals surface area contributed by atoms with E-state index in [1.807, 2.05) is 30.3 Å². The Morgan fingerprint density at radius 3 is 2.53 bits per heavy atom. The van der Waals surface area contributed by atoms with E-state index in [1.165, 1.54) is 0 Å². The summed E-state index contributed by atoms with van der Waals surface area (Å²) in [7, 11) is 3.27. The van der Waals surface area contributed by atoms with Crippen LogP contribution in [-0.4, -0.2) is 20.8 Å². The van der Waals surface area contributed by atoms with E-state index in [0.717, 1.165) is 29.4 Å². The van der Waals surface area contributed by atoms with Gasteiger partial charge in [-0.3, -0.25) is 0 Å². The van der Waals surface area contributed by atoms with Crippen molar-refractivity contribution in [3.05, 3.63) is 47.9 Å². The first-order valence-corrected chi connectivity index (χ1v) is 6.28. The Hall–Kier alpha value is -1.94. The van der Waals surface area contributed by atoms with E-state index in [2.05, 4.69) is 12.2 Å². The van der Waals surface area contributed by atoms with Crippen LogP contribution in [0, 0.1) is 0 Å². The fraction of sp³-hybridized carbons (Fsp3) is 0.333. The van der Waals surface area contributed by atoms with Gasteiger partial charge in [-0.1, -0.05) is 13.0 Å². The van der Waals surface area contributed by atoms with Crippen LogP contribution in [0.5, 0.6) is 11.5 Å². The van der Waals surface area contributed by atoms with E-state index < -0.39 is 0 Å².